The van der Waals surface area contributed by atoms with Crippen molar-refractivity contribution in [2.45, 2.75) is 26.3 Å². The number of hydrogen-bond acceptors (Lipinski definition) is 3. The first kappa shape index (κ1) is 16.1. The highest BCUT2D eigenvalue weighted by Crippen LogP contribution is 2.14. The van der Waals surface area contributed by atoms with Gasteiger partial charge in [0.25, 0.3) is 0 Å². The van der Waals surface area contributed by atoms with Crippen molar-refractivity contribution in [3.05, 3.63) is 28.7 Å². The van der Waals surface area contributed by atoms with Crippen molar-refractivity contribution in [1.82, 2.24) is 5.32 Å². The van der Waals surface area contributed by atoms with Gasteiger partial charge >= 0.3 is 0 Å². The Morgan fingerprint density at radius 3 is 2.68 bits per heavy atom. The molecular formula is C14H21BrN2O2. The van der Waals surface area contributed by atoms with Gasteiger partial charge in [0.1, 0.15) is 0 Å². The van der Waals surface area contributed by atoms with Gasteiger partial charge in [0, 0.05) is 35.8 Å². The van der Waals surface area contributed by atoms with Gasteiger partial charge in [0.2, 0.25) is 5.91 Å². The molecule has 19 heavy (non-hydrogen) atoms. The predicted octanol–water partition coefficient (Wildman–Crippen LogP) is 2.79. The Labute approximate surface area is 123 Å². The molecule has 0 saturated carbocycles. The zero-order valence-corrected chi connectivity index (χ0v) is 13.0. The number of carbonyl (C=O) groups excluding carboxylic acids is 1. The van der Waals surface area contributed by atoms with Gasteiger partial charge in [-0.1, -0.05) is 15.9 Å². The number of hydrogen-bond donors (Lipinski definition) is 2. The Morgan fingerprint density at radius 2 is 2.05 bits per heavy atom. The van der Waals surface area contributed by atoms with Gasteiger partial charge in [0.05, 0.1) is 6.61 Å². The molecule has 2 N–H and O–H groups in total. The third-order valence-electron chi connectivity index (χ3n) is 2.54. The Hall–Kier alpha value is -0.910. The third kappa shape index (κ3) is 7.30. The van der Waals surface area contributed by atoms with Crippen LogP contribution >= 0.6 is 15.9 Å². The first-order valence-electron chi connectivity index (χ1n) is 6.48. The van der Waals surface area contributed by atoms with Crippen molar-refractivity contribution in [1.29, 1.82) is 0 Å². The van der Waals surface area contributed by atoms with Crippen molar-refractivity contribution < 1.29 is 9.53 Å². The molecule has 0 aromatic heterocycles. The molecule has 0 aliphatic heterocycles. The molecule has 1 rings (SSSR count). The van der Waals surface area contributed by atoms with Crippen LogP contribution in [0, 0.1) is 0 Å². The maximum Gasteiger partial charge on any atom is 0.225 e. The molecule has 0 radical (unpaired) electrons. The topological polar surface area (TPSA) is 50.4 Å². The highest BCUT2D eigenvalue weighted by molar-refractivity contribution is 9.10. The van der Waals surface area contributed by atoms with Crippen LogP contribution in [-0.2, 0) is 9.53 Å². The molecule has 106 valence electrons. The zero-order chi connectivity index (χ0) is 14.1. The maximum absolute atomic E-state index is 11.7. The summed E-state index contributed by atoms with van der Waals surface area (Å²) in [6.07, 6.45) is 0.451. The lowest BCUT2D eigenvalue weighted by atomic mass is 10.3. The van der Waals surface area contributed by atoms with Crippen LogP contribution < -0.4 is 10.6 Å². The fraction of sp³-hybridized carbons (Fsp3) is 0.500. The average Bonchev–Trinajstić information content (AvgIpc) is 2.39. The summed E-state index contributed by atoms with van der Waals surface area (Å²) in [5.41, 5.74) is 0.815. The Morgan fingerprint density at radius 1 is 1.37 bits per heavy atom. The summed E-state index contributed by atoms with van der Waals surface area (Å²) < 4.78 is 6.29. The first-order chi connectivity index (χ1) is 9.11. The summed E-state index contributed by atoms with van der Waals surface area (Å²) in [5, 5.41) is 6.10. The van der Waals surface area contributed by atoms with Crippen LogP contribution in [0.5, 0.6) is 0 Å². The molecular weight excluding hydrogens is 308 g/mol. The van der Waals surface area contributed by atoms with Gasteiger partial charge in [-0.2, -0.15) is 0 Å². The summed E-state index contributed by atoms with van der Waals surface area (Å²) in [5.74, 6) is 0.0124. The summed E-state index contributed by atoms with van der Waals surface area (Å²) in [7, 11) is 0. The minimum atomic E-state index is 0.0124. The molecule has 4 nitrogen and oxygen atoms in total. The molecule has 0 fully saturated rings. The van der Waals surface area contributed by atoms with Crippen molar-refractivity contribution in [2.24, 2.45) is 0 Å². The van der Waals surface area contributed by atoms with E-state index in [4.69, 9.17) is 4.74 Å². The monoisotopic (exact) mass is 328 g/mol. The van der Waals surface area contributed by atoms with Crippen LogP contribution in [0.2, 0.25) is 0 Å². The maximum atomic E-state index is 11.7. The second-order valence-corrected chi connectivity index (χ2v) is 5.24. The van der Waals surface area contributed by atoms with E-state index in [2.05, 4.69) is 26.6 Å². The minimum absolute atomic E-state index is 0.0124. The third-order valence-corrected chi connectivity index (χ3v) is 3.07. The number of amides is 1. The fourth-order valence-electron chi connectivity index (χ4n) is 1.54. The van der Waals surface area contributed by atoms with E-state index < -0.39 is 0 Å². The van der Waals surface area contributed by atoms with Crippen molar-refractivity contribution in [2.75, 3.05) is 25.1 Å². The fourth-order valence-corrected chi connectivity index (χ4v) is 1.81. The lowest BCUT2D eigenvalue weighted by molar-refractivity contribution is -0.116. The molecule has 0 aliphatic carbocycles. The average molecular weight is 329 g/mol. The molecule has 5 heteroatoms. The highest BCUT2D eigenvalue weighted by atomic mass is 79.9. The van der Waals surface area contributed by atoms with Gasteiger partial charge in [-0.25, -0.2) is 0 Å². The summed E-state index contributed by atoms with van der Waals surface area (Å²) in [4.78, 5) is 11.7. The van der Waals surface area contributed by atoms with Crippen LogP contribution in [0.25, 0.3) is 0 Å². The van der Waals surface area contributed by atoms with E-state index in [0.717, 1.165) is 16.8 Å². The van der Waals surface area contributed by atoms with Crippen LogP contribution in [0.1, 0.15) is 20.3 Å². The Kier molecular flexibility index (Phi) is 7.70. The number of halogens is 1. The van der Waals surface area contributed by atoms with Gasteiger partial charge < -0.3 is 15.4 Å². The highest BCUT2D eigenvalue weighted by Gasteiger charge is 2.04. The molecule has 1 aromatic carbocycles. The van der Waals surface area contributed by atoms with Gasteiger partial charge in [-0.05, 0) is 38.1 Å². The van der Waals surface area contributed by atoms with Gasteiger partial charge in [-0.3, -0.25) is 4.79 Å². The minimum Gasteiger partial charge on any atom is -0.380 e. The SMILES string of the molecule is CCOCC(C)NCCC(=O)Nc1ccc(Br)cc1. The van der Waals surface area contributed by atoms with E-state index in [1.807, 2.05) is 38.1 Å². The van der Waals surface area contributed by atoms with Crippen LogP contribution in [0.15, 0.2) is 28.7 Å². The van der Waals surface area contributed by atoms with E-state index >= 15 is 0 Å². The second-order valence-electron chi connectivity index (χ2n) is 4.32. The number of anilines is 1. The number of benzene rings is 1. The van der Waals surface area contributed by atoms with E-state index in [1.54, 1.807) is 0 Å². The van der Waals surface area contributed by atoms with E-state index in [0.29, 0.717) is 19.6 Å². The quantitative estimate of drug-likeness (QED) is 0.771. The molecule has 0 spiro atoms. The van der Waals surface area contributed by atoms with E-state index in [1.165, 1.54) is 0 Å². The molecule has 1 aromatic rings. The van der Waals surface area contributed by atoms with E-state index in [-0.39, 0.29) is 11.9 Å². The predicted molar refractivity (Wildman–Crippen MR) is 81.3 cm³/mol. The second kappa shape index (κ2) is 9.07. The molecule has 0 bridgehead atoms. The van der Waals surface area contributed by atoms with Crippen molar-refractivity contribution in [3.63, 3.8) is 0 Å². The van der Waals surface area contributed by atoms with Crippen molar-refractivity contribution >= 4 is 27.5 Å². The van der Waals surface area contributed by atoms with Crippen molar-refractivity contribution in [3.8, 4) is 0 Å². The molecule has 1 unspecified atom stereocenters. The van der Waals surface area contributed by atoms with E-state index in [9.17, 15) is 4.79 Å². The number of ether oxygens (including phenoxy) is 1. The largest absolute Gasteiger partial charge is 0.380 e. The summed E-state index contributed by atoms with van der Waals surface area (Å²) in [6, 6.07) is 7.80. The smallest absolute Gasteiger partial charge is 0.225 e. The summed E-state index contributed by atoms with van der Waals surface area (Å²) >= 11 is 3.36. The number of nitrogens with one attached hydrogen (secondary N) is 2. The van der Waals surface area contributed by atoms with Crippen LogP contribution in [0.4, 0.5) is 5.69 Å². The number of rotatable bonds is 8. The number of carbonyl (C=O) groups is 1. The summed E-state index contributed by atoms with van der Waals surface area (Å²) in [6.45, 7) is 6.05. The normalized spacial score (nSPS) is 12.2. The van der Waals surface area contributed by atoms with Gasteiger partial charge in [-0.15, -0.1) is 0 Å². The standard InChI is InChI=1S/C14H21BrN2O2/c1-3-19-10-11(2)16-9-8-14(18)17-13-6-4-12(15)5-7-13/h4-7,11,16H,3,8-10H2,1-2H3,(H,17,18). The Balaban J connectivity index is 2.19. The van der Waals surface area contributed by atoms with Gasteiger partial charge in [0.15, 0.2) is 0 Å². The Bertz CT molecular complexity index is 382. The molecule has 0 saturated heterocycles. The molecule has 1 amide bonds. The lowest BCUT2D eigenvalue weighted by Gasteiger charge is -2.13. The molecule has 0 aliphatic rings. The van der Waals surface area contributed by atoms with Crippen LogP contribution in [-0.4, -0.2) is 31.7 Å². The van der Waals surface area contributed by atoms with Crippen LogP contribution in [0.3, 0.4) is 0 Å². The first-order valence-corrected chi connectivity index (χ1v) is 7.27. The zero-order valence-electron chi connectivity index (χ0n) is 11.4. The lowest BCUT2D eigenvalue weighted by Crippen LogP contribution is -2.33. The molecule has 0 heterocycles. The molecule has 1 atom stereocenters.